The fraction of sp³-hybridized carbons (Fsp3) is 0.435. The molecule has 0 amide bonds. The fourth-order valence-electron chi connectivity index (χ4n) is 5.99. The summed E-state index contributed by atoms with van der Waals surface area (Å²) in [6.45, 7) is 0. The zero-order valence-electron chi connectivity index (χ0n) is 15.5. The van der Waals surface area contributed by atoms with E-state index in [0.717, 1.165) is 35.0 Å². The molecule has 0 radical (unpaired) electrons. The molecule has 4 aliphatic rings. The van der Waals surface area contributed by atoms with Crippen LogP contribution < -0.4 is 16.0 Å². The van der Waals surface area contributed by atoms with Gasteiger partial charge in [0.2, 0.25) is 5.96 Å². The normalized spacial score (nSPS) is 31.1. The van der Waals surface area contributed by atoms with E-state index in [2.05, 4.69) is 58.4 Å². The number of guanidine groups is 1. The number of hydrogen-bond donors (Lipinski definition) is 3. The maximum atomic E-state index is 4.96. The molecule has 27 heavy (non-hydrogen) atoms. The number of benzene rings is 2. The Hall–Kier alpha value is -2.49. The molecule has 138 valence electrons. The van der Waals surface area contributed by atoms with Gasteiger partial charge in [-0.3, -0.25) is 0 Å². The van der Waals surface area contributed by atoms with E-state index in [-0.39, 0.29) is 0 Å². The zero-order chi connectivity index (χ0) is 17.8. The van der Waals surface area contributed by atoms with Crippen LogP contribution in [0.5, 0.6) is 0 Å². The van der Waals surface area contributed by atoms with Crippen molar-refractivity contribution < 1.29 is 0 Å². The molecule has 2 aromatic rings. The number of anilines is 2. The van der Waals surface area contributed by atoms with Crippen molar-refractivity contribution in [2.24, 2.45) is 22.7 Å². The van der Waals surface area contributed by atoms with E-state index in [1.54, 1.807) is 0 Å². The molecular formula is C23H26N4. The lowest BCUT2D eigenvalue weighted by atomic mass is 9.62. The Morgan fingerprint density at radius 3 is 2.37 bits per heavy atom. The van der Waals surface area contributed by atoms with Crippen molar-refractivity contribution in [2.75, 3.05) is 10.6 Å². The number of nitrogens with zero attached hydrogens (tertiary/aromatic N) is 1. The van der Waals surface area contributed by atoms with Gasteiger partial charge in [-0.15, -0.1) is 0 Å². The predicted octanol–water partition coefficient (Wildman–Crippen LogP) is 5.06. The summed E-state index contributed by atoms with van der Waals surface area (Å²) in [4.78, 5) is 4.96. The van der Waals surface area contributed by atoms with Crippen molar-refractivity contribution >= 4 is 28.1 Å². The Bertz CT molecular complexity index is 915. The molecule has 6 rings (SSSR count). The third-order valence-electron chi connectivity index (χ3n) is 7.05. The van der Waals surface area contributed by atoms with Crippen molar-refractivity contribution in [3.63, 3.8) is 0 Å². The second-order valence-electron chi connectivity index (χ2n) is 8.59. The molecule has 4 unspecified atom stereocenters. The number of aliphatic imine (C=N–C) groups is 1. The van der Waals surface area contributed by atoms with Crippen LogP contribution in [0.1, 0.15) is 38.5 Å². The van der Waals surface area contributed by atoms with E-state index < -0.39 is 0 Å². The Balaban J connectivity index is 1.33. The Labute approximate surface area is 160 Å². The summed E-state index contributed by atoms with van der Waals surface area (Å²) in [5, 5.41) is 13.3. The van der Waals surface area contributed by atoms with E-state index >= 15 is 0 Å². The molecule has 2 aliphatic heterocycles. The van der Waals surface area contributed by atoms with E-state index in [0.29, 0.717) is 12.0 Å². The van der Waals surface area contributed by atoms with Crippen molar-refractivity contribution in [3.05, 3.63) is 48.3 Å². The third-order valence-corrected chi connectivity index (χ3v) is 7.05. The van der Waals surface area contributed by atoms with Crippen LogP contribution in [0.2, 0.25) is 0 Å². The lowest BCUT2D eigenvalue weighted by Crippen LogP contribution is -2.50. The molecule has 2 fully saturated rings. The fourth-order valence-corrected chi connectivity index (χ4v) is 5.99. The van der Waals surface area contributed by atoms with Crippen LogP contribution in [0.3, 0.4) is 0 Å². The first-order valence-corrected chi connectivity index (χ1v) is 10.5. The summed E-state index contributed by atoms with van der Waals surface area (Å²) < 4.78 is 0. The average Bonchev–Trinajstić information content (AvgIpc) is 2.69. The highest BCUT2D eigenvalue weighted by molar-refractivity contribution is 6.19. The third kappa shape index (κ3) is 2.53. The lowest BCUT2D eigenvalue weighted by Gasteiger charge is -2.48. The van der Waals surface area contributed by atoms with Crippen LogP contribution in [-0.4, -0.2) is 12.0 Å². The molecule has 0 saturated heterocycles. The van der Waals surface area contributed by atoms with Gasteiger partial charge in [-0.05, 0) is 54.2 Å². The number of allylic oxidation sites excluding steroid dienone is 1. The molecule has 3 N–H and O–H groups in total. The minimum atomic E-state index is 0.609. The van der Waals surface area contributed by atoms with Gasteiger partial charge >= 0.3 is 0 Å². The van der Waals surface area contributed by atoms with Gasteiger partial charge in [-0.2, -0.15) is 4.99 Å². The van der Waals surface area contributed by atoms with Crippen LogP contribution >= 0.6 is 0 Å². The van der Waals surface area contributed by atoms with Crippen LogP contribution in [0.15, 0.2) is 53.3 Å². The minimum Gasteiger partial charge on any atom is -0.367 e. The molecule has 0 bridgehead atoms. The topological polar surface area (TPSA) is 48.5 Å². The molecule has 2 heterocycles. The molecule has 0 spiro atoms. The first-order chi connectivity index (χ1) is 13.3. The zero-order valence-corrected chi connectivity index (χ0v) is 15.5. The van der Waals surface area contributed by atoms with E-state index in [1.165, 1.54) is 49.3 Å². The summed E-state index contributed by atoms with van der Waals surface area (Å²) in [6.07, 6.45) is 10.6. The maximum Gasteiger partial charge on any atom is 0.207 e. The average molecular weight is 358 g/mol. The van der Waals surface area contributed by atoms with Crippen molar-refractivity contribution in [1.29, 1.82) is 0 Å². The quantitative estimate of drug-likeness (QED) is 0.667. The maximum absolute atomic E-state index is 4.96. The lowest BCUT2D eigenvalue weighted by molar-refractivity contribution is 0.0846. The van der Waals surface area contributed by atoms with Gasteiger partial charge in [0.15, 0.2) is 0 Å². The first kappa shape index (κ1) is 15.6. The monoisotopic (exact) mass is 358 g/mol. The number of rotatable bonds is 1. The molecule has 2 aliphatic carbocycles. The van der Waals surface area contributed by atoms with Crippen LogP contribution in [0.4, 0.5) is 11.4 Å². The Morgan fingerprint density at radius 2 is 1.59 bits per heavy atom. The number of nitrogens with one attached hydrogen (secondary N) is 3. The summed E-state index contributed by atoms with van der Waals surface area (Å²) in [7, 11) is 0. The summed E-state index contributed by atoms with van der Waals surface area (Å²) >= 11 is 0. The van der Waals surface area contributed by atoms with Crippen LogP contribution in [0.25, 0.3) is 10.8 Å². The van der Waals surface area contributed by atoms with Gasteiger partial charge in [0, 0.05) is 11.4 Å². The summed E-state index contributed by atoms with van der Waals surface area (Å²) in [6, 6.07) is 13.4. The smallest absolute Gasteiger partial charge is 0.207 e. The van der Waals surface area contributed by atoms with Crippen molar-refractivity contribution in [3.8, 4) is 0 Å². The van der Waals surface area contributed by atoms with Crippen LogP contribution in [0, 0.1) is 17.8 Å². The highest BCUT2D eigenvalue weighted by Crippen LogP contribution is 2.46. The molecule has 2 aromatic carbocycles. The number of hydrogen-bond acceptors (Lipinski definition) is 2. The minimum absolute atomic E-state index is 0.609. The largest absolute Gasteiger partial charge is 0.367 e. The van der Waals surface area contributed by atoms with Crippen molar-refractivity contribution in [1.82, 2.24) is 5.32 Å². The van der Waals surface area contributed by atoms with Gasteiger partial charge in [-0.1, -0.05) is 49.9 Å². The van der Waals surface area contributed by atoms with Crippen molar-refractivity contribution in [2.45, 2.75) is 44.6 Å². The first-order valence-electron chi connectivity index (χ1n) is 10.5. The van der Waals surface area contributed by atoms with Gasteiger partial charge in [0.1, 0.15) is 5.82 Å². The van der Waals surface area contributed by atoms with E-state index in [1.807, 2.05) is 0 Å². The Morgan fingerprint density at radius 1 is 0.852 bits per heavy atom. The standard InChI is InChI=1S/C23H26N4/c1-5-14-6-2-10-17-21(14)16(9-1)13-20(24-17)27-23-25-18-11-3-7-15-8-4-12-19(26-23)22(15)18/h3-4,7-8,11-14,16-17,21,24H,1-2,5-6,9-10H2,(H2,25,26,27). The van der Waals surface area contributed by atoms with Crippen LogP contribution in [-0.2, 0) is 0 Å². The molecule has 2 saturated carbocycles. The predicted molar refractivity (Wildman–Crippen MR) is 112 cm³/mol. The van der Waals surface area contributed by atoms with Gasteiger partial charge in [0.25, 0.3) is 0 Å². The molecular weight excluding hydrogens is 332 g/mol. The molecule has 4 nitrogen and oxygen atoms in total. The van der Waals surface area contributed by atoms with Gasteiger partial charge < -0.3 is 16.0 Å². The Kier molecular flexibility index (Phi) is 3.46. The van der Waals surface area contributed by atoms with E-state index in [4.69, 9.17) is 4.99 Å². The summed E-state index contributed by atoms with van der Waals surface area (Å²) in [5.74, 6) is 4.33. The molecule has 0 aromatic heterocycles. The highest BCUT2D eigenvalue weighted by atomic mass is 15.2. The summed E-state index contributed by atoms with van der Waals surface area (Å²) in [5.41, 5.74) is 2.26. The molecule has 4 heteroatoms. The van der Waals surface area contributed by atoms with Gasteiger partial charge in [-0.25, -0.2) is 0 Å². The highest BCUT2D eigenvalue weighted by Gasteiger charge is 2.42. The van der Waals surface area contributed by atoms with E-state index in [9.17, 15) is 0 Å². The SMILES string of the molecule is C1=C(N=C2Nc3cccc4cccc(c34)N2)NC2CCCC3CCCC1C32. The van der Waals surface area contributed by atoms with Gasteiger partial charge in [0.05, 0.1) is 11.4 Å². The second kappa shape index (κ2) is 6.01. The second-order valence-corrected chi connectivity index (χ2v) is 8.59. The molecule has 4 atom stereocenters.